The lowest BCUT2D eigenvalue weighted by atomic mass is 10.1. The number of hydrogen-bond donors (Lipinski definition) is 0. The van der Waals surface area contributed by atoms with Crippen LogP contribution in [0.25, 0.3) is 11.3 Å². The van der Waals surface area contributed by atoms with E-state index in [0.717, 1.165) is 0 Å². The van der Waals surface area contributed by atoms with Gasteiger partial charge in [-0.2, -0.15) is 8.78 Å². The number of nitrogens with zero attached hydrogens (tertiary/aromatic N) is 1. The van der Waals surface area contributed by atoms with Crippen LogP contribution in [-0.2, 0) is 11.3 Å². The van der Waals surface area contributed by atoms with Gasteiger partial charge >= 0.3 is 6.11 Å². The molecular weight excluding hydrogens is 264 g/mol. The highest BCUT2D eigenvalue weighted by Gasteiger charge is 2.22. The van der Waals surface area contributed by atoms with Crippen molar-refractivity contribution in [3.05, 3.63) is 41.0 Å². The molecule has 0 aliphatic heterocycles. The van der Waals surface area contributed by atoms with Gasteiger partial charge in [0.15, 0.2) is 5.76 Å². The predicted molar refractivity (Wildman–Crippen MR) is 62.4 cm³/mol. The zero-order valence-electron chi connectivity index (χ0n) is 9.49. The summed E-state index contributed by atoms with van der Waals surface area (Å²) in [6.45, 7) is 0.347. The first-order valence-corrected chi connectivity index (χ1v) is 5.56. The quantitative estimate of drug-likeness (QED) is 0.840. The Bertz CT molecular complexity index is 537. The molecule has 0 atom stereocenters. The molecule has 0 saturated carbocycles. The van der Waals surface area contributed by atoms with Crippen molar-refractivity contribution in [2.75, 3.05) is 0 Å². The van der Waals surface area contributed by atoms with Crippen LogP contribution in [0.2, 0.25) is 5.02 Å². The van der Waals surface area contributed by atoms with Crippen LogP contribution in [0, 0.1) is 0 Å². The number of hydrogen-bond acceptors (Lipinski definition) is 3. The monoisotopic (exact) mass is 273 g/mol. The Balaban J connectivity index is 2.14. The molecule has 0 saturated heterocycles. The maximum atomic E-state index is 12.5. The number of aromatic nitrogens is 1. The van der Waals surface area contributed by atoms with Crippen molar-refractivity contribution in [3.8, 4) is 11.3 Å². The van der Waals surface area contributed by atoms with E-state index < -0.39 is 6.11 Å². The van der Waals surface area contributed by atoms with E-state index in [1.165, 1.54) is 6.07 Å². The molecule has 0 aliphatic rings. The Hall–Kier alpha value is -1.46. The van der Waals surface area contributed by atoms with E-state index >= 15 is 0 Å². The highest BCUT2D eigenvalue weighted by Crippen LogP contribution is 2.28. The van der Waals surface area contributed by atoms with E-state index in [1.54, 1.807) is 24.3 Å². The molecule has 0 fully saturated rings. The standard InChI is InChI=1S/C12H10ClF2NO2/c1-12(14,15)17-7-8-6-11(18-16-8)9-4-2-3-5-10(9)13/h2-6H,7H2,1H3. The zero-order valence-corrected chi connectivity index (χ0v) is 10.2. The van der Waals surface area contributed by atoms with Crippen LogP contribution in [-0.4, -0.2) is 11.3 Å². The summed E-state index contributed by atoms with van der Waals surface area (Å²) in [5, 5.41) is 4.15. The lowest BCUT2D eigenvalue weighted by Gasteiger charge is -2.08. The van der Waals surface area contributed by atoms with E-state index in [-0.39, 0.29) is 12.3 Å². The van der Waals surface area contributed by atoms with Crippen molar-refractivity contribution in [3.63, 3.8) is 0 Å². The summed E-state index contributed by atoms with van der Waals surface area (Å²) in [6.07, 6.45) is -3.19. The lowest BCUT2D eigenvalue weighted by Crippen LogP contribution is -2.14. The van der Waals surface area contributed by atoms with Gasteiger partial charge in [0.05, 0.1) is 11.6 Å². The summed E-state index contributed by atoms with van der Waals surface area (Å²) in [5.74, 6) is 0.415. The summed E-state index contributed by atoms with van der Waals surface area (Å²) in [4.78, 5) is 0. The topological polar surface area (TPSA) is 35.3 Å². The average molecular weight is 274 g/mol. The average Bonchev–Trinajstić information content (AvgIpc) is 2.75. The van der Waals surface area contributed by atoms with Crippen LogP contribution in [0.15, 0.2) is 34.9 Å². The Kier molecular flexibility index (Phi) is 3.63. The molecule has 1 aromatic heterocycles. The number of rotatable bonds is 4. The van der Waals surface area contributed by atoms with Crippen LogP contribution in [0.5, 0.6) is 0 Å². The lowest BCUT2D eigenvalue weighted by molar-refractivity contribution is -0.232. The summed E-state index contributed by atoms with van der Waals surface area (Å²) >= 11 is 5.98. The Morgan fingerprint density at radius 1 is 1.39 bits per heavy atom. The molecule has 3 nitrogen and oxygen atoms in total. The first kappa shape index (κ1) is 13.0. The highest BCUT2D eigenvalue weighted by atomic mass is 35.5. The van der Waals surface area contributed by atoms with Crippen LogP contribution >= 0.6 is 11.6 Å². The van der Waals surface area contributed by atoms with Gasteiger partial charge in [-0.15, -0.1) is 0 Å². The van der Waals surface area contributed by atoms with E-state index in [4.69, 9.17) is 16.1 Å². The smallest absolute Gasteiger partial charge is 0.353 e. The molecule has 18 heavy (non-hydrogen) atoms. The fraction of sp³-hybridized carbons (Fsp3) is 0.250. The molecular formula is C12H10ClF2NO2. The van der Waals surface area contributed by atoms with Crippen LogP contribution < -0.4 is 0 Å². The summed E-state index contributed by atoms with van der Waals surface area (Å²) < 4.78 is 34.3. The molecule has 0 N–H and O–H groups in total. The van der Waals surface area contributed by atoms with Gasteiger partial charge in [-0.05, 0) is 12.1 Å². The zero-order chi connectivity index (χ0) is 13.2. The summed E-state index contributed by atoms with van der Waals surface area (Å²) in [6, 6.07) is 8.55. The normalized spacial score (nSPS) is 11.8. The molecule has 0 aliphatic carbocycles. The SMILES string of the molecule is CC(F)(F)OCc1cc(-c2ccccc2Cl)on1. The minimum Gasteiger partial charge on any atom is -0.356 e. The van der Waals surface area contributed by atoms with Gasteiger partial charge in [0.2, 0.25) is 0 Å². The second kappa shape index (κ2) is 5.04. The van der Waals surface area contributed by atoms with Crippen molar-refractivity contribution >= 4 is 11.6 Å². The van der Waals surface area contributed by atoms with E-state index in [9.17, 15) is 8.78 Å². The van der Waals surface area contributed by atoms with Crippen molar-refractivity contribution in [2.24, 2.45) is 0 Å². The molecule has 0 amide bonds. The van der Waals surface area contributed by atoms with Crippen LogP contribution in [0.4, 0.5) is 8.78 Å². The van der Waals surface area contributed by atoms with Crippen LogP contribution in [0.3, 0.4) is 0 Å². The third kappa shape index (κ3) is 3.27. The summed E-state index contributed by atoms with van der Waals surface area (Å²) in [5.41, 5.74) is 0.938. The molecule has 0 unspecified atom stereocenters. The van der Waals surface area contributed by atoms with E-state index in [1.807, 2.05) is 0 Å². The Morgan fingerprint density at radius 3 is 2.78 bits per heavy atom. The summed E-state index contributed by atoms with van der Waals surface area (Å²) in [7, 11) is 0. The third-order valence-electron chi connectivity index (χ3n) is 2.17. The fourth-order valence-corrected chi connectivity index (χ4v) is 1.60. The number of ether oxygens (including phenoxy) is 1. The Morgan fingerprint density at radius 2 is 2.11 bits per heavy atom. The largest absolute Gasteiger partial charge is 0.356 e. The van der Waals surface area contributed by atoms with Crippen molar-refractivity contribution < 1.29 is 18.0 Å². The minimum absolute atomic E-state index is 0.284. The second-order valence-electron chi connectivity index (χ2n) is 3.76. The second-order valence-corrected chi connectivity index (χ2v) is 4.17. The van der Waals surface area contributed by atoms with E-state index in [0.29, 0.717) is 23.3 Å². The van der Waals surface area contributed by atoms with Gasteiger partial charge in [-0.25, -0.2) is 0 Å². The predicted octanol–water partition coefficient (Wildman–Crippen LogP) is 4.12. The van der Waals surface area contributed by atoms with Gasteiger partial charge < -0.3 is 9.26 Å². The molecule has 0 radical (unpaired) electrons. The van der Waals surface area contributed by atoms with Crippen molar-refractivity contribution in [1.82, 2.24) is 5.16 Å². The molecule has 2 aromatic rings. The molecule has 0 spiro atoms. The maximum Gasteiger partial charge on any atom is 0.353 e. The number of alkyl halides is 2. The number of halogens is 3. The van der Waals surface area contributed by atoms with E-state index in [2.05, 4.69) is 9.89 Å². The third-order valence-corrected chi connectivity index (χ3v) is 2.50. The van der Waals surface area contributed by atoms with Crippen molar-refractivity contribution in [2.45, 2.75) is 19.6 Å². The maximum absolute atomic E-state index is 12.5. The van der Waals surface area contributed by atoms with Gasteiger partial charge in [-0.1, -0.05) is 28.9 Å². The first-order chi connectivity index (χ1) is 8.46. The molecule has 1 heterocycles. The van der Waals surface area contributed by atoms with Gasteiger partial charge in [0.1, 0.15) is 5.69 Å². The minimum atomic E-state index is -3.19. The van der Waals surface area contributed by atoms with Gasteiger partial charge in [0.25, 0.3) is 0 Å². The molecule has 0 bridgehead atoms. The molecule has 6 heteroatoms. The van der Waals surface area contributed by atoms with Crippen LogP contribution in [0.1, 0.15) is 12.6 Å². The highest BCUT2D eigenvalue weighted by molar-refractivity contribution is 6.33. The van der Waals surface area contributed by atoms with Gasteiger partial charge in [0, 0.05) is 18.6 Å². The molecule has 96 valence electrons. The molecule has 1 aromatic carbocycles. The molecule has 2 rings (SSSR count). The Labute approximate surface area is 107 Å². The number of benzene rings is 1. The first-order valence-electron chi connectivity index (χ1n) is 5.18. The fourth-order valence-electron chi connectivity index (χ4n) is 1.37. The van der Waals surface area contributed by atoms with Gasteiger partial charge in [-0.3, -0.25) is 0 Å². The van der Waals surface area contributed by atoms with Crippen molar-refractivity contribution in [1.29, 1.82) is 0 Å².